The number of thiazole rings is 1. The van der Waals surface area contributed by atoms with Crippen molar-refractivity contribution in [2.24, 2.45) is 7.05 Å². The number of aromatic nitrogens is 4. The van der Waals surface area contributed by atoms with E-state index in [1.54, 1.807) is 29.0 Å². The molecule has 0 aliphatic heterocycles. The third kappa shape index (κ3) is 3.71. The zero-order valence-corrected chi connectivity index (χ0v) is 17.3. The van der Waals surface area contributed by atoms with Crippen molar-refractivity contribution in [2.45, 2.75) is 19.9 Å². The van der Waals surface area contributed by atoms with Gasteiger partial charge in [-0.05, 0) is 30.2 Å². The molecule has 0 aliphatic rings. The second-order valence-electron chi connectivity index (χ2n) is 6.55. The minimum atomic E-state index is -0.224. The fourth-order valence-electron chi connectivity index (χ4n) is 3.19. The number of pyridine rings is 1. The van der Waals surface area contributed by atoms with Crippen molar-refractivity contribution in [3.05, 3.63) is 65.6 Å². The Balaban J connectivity index is 1.81. The molecule has 1 aromatic carbocycles. The lowest BCUT2D eigenvalue weighted by Crippen LogP contribution is -2.30. The van der Waals surface area contributed by atoms with Crippen molar-refractivity contribution >= 4 is 32.6 Å². The molecule has 3 aromatic heterocycles. The molecule has 1 amide bonds. The number of benzene rings is 1. The number of para-hydroxylation sites is 1. The molecule has 0 saturated carbocycles. The van der Waals surface area contributed by atoms with Crippen molar-refractivity contribution in [1.29, 1.82) is 0 Å². The lowest BCUT2D eigenvalue weighted by atomic mass is 10.1. The van der Waals surface area contributed by atoms with Crippen molar-refractivity contribution in [1.82, 2.24) is 19.7 Å². The summed E-state index contributed by atoms with van der Waals surface area (Å²) in [4.78, 5) is 24.4. The lowest BCUT2D eigenvalue weighted by Gasteiger charge is -2.19. The summed E-state index contributed by atoms with van der Waals surface area (Å²) in [5.41, 5.74) is 3.26. The van der Waals surface area contributed by atoms with Crippen LogP contribution in [0.5, 0.6) is 5.88 Å². The van der Waals surface area contributed by atoms with Crippen LogP contribution in [-0.4, -0.2) is 32.8 Å². The number of methoxy groups -OCH3 is 1. The summed E-state index contributed by atoms with van der Waals surface area (Å²) in [5.74, 6) is 0.0663. The molecule has 8 heteroatoms. The van der Waals surface area contributed by atoms with E-state index >= 15 is 0 Å². The van der Waals surface area contributed by atoms with Gasteiger partial charge in [-0.25, -0.2) is 4.98 Å². The maximum absolute atomic E-state index is 13.5. The minimum absolute atomic E-state index is 0.224. The normalized spacial score (nSPS) is 11.0. The molecule has 0 aliphatic carbocycles. The van der Waals surface area contributed by atoms with Gasteiger partial charge in [-0.2, -0.15) is 0 Å². The van der Waals surface area contributed by atoms with E-state index in [1.165, 1.54) is 18.4 Å². The van der Waals surface area contributed by atoms with Gasteiger partial charge in [-0.15, -0.1) is 5.10 Å². The number of amides is 1. The van der Waals surface area contributed by atoms with Gasteiger partial charge >= 0.3 is 0 Å². The molecule has 4 aromatic rings. The highest BCUT2D eigenvalue weighted by atomic mass is 32.1. The molecule has 29 heavy (non-hydrogen) atoms. The van der Waals surface area contributed by atoms with Crippen LogP contribution in [-0.2, 0) is 20.0 Å². The zero-order valence-electron chi connectivity index (χ0n) is 16.5. The first-order valence-electron chi connectivity index (χ1n) is 9.28. The number of aryl methyl sites for hydroxylation is 2. The minimum Gasteiger partial charge on any atom is -0.479 e. The Morgan fingerprint density at radius 1 is 1.24 bits per heavy atom. The third-order valence-electron chi connectivity index (χ3n) is 4.61. The van der Waals surface area contributed by atoms with Crippen LogP contribution in [0.25, 0.3) is 10.2 Å². The number of rotatable bonds is 6. The molecular weight excluding hydrogens is 386 g/mol. The molecule has 3 heterocycles. The predicted molar refractivity (Wildman–Crippen MR) is 114 cm³/mol. The lowest BCUT2D eigenvalue weighted by molar-refractivity contribution is 0.0982. The summed E-state index contributed by atoms with van der Waals surface area (Å²) < 4.78 is 7.93. The van der Waals surface area contributed by atoms with Crippen LogP contribution in [0.2, 0.25) is 0 Å². The van der Waals surface area contributed by atoms with E-state index in [9.17, 15) is 4.79 Å². The Morgan fingerprint density at radius 2 is 2.10 bits per heavy atom. The van der Waals surface area contributed by atoms with E-state index in [4.69, 9.17) is 9.72 Å². The topological polar surface area (TPSA) is 73.1 Å². The van der Waals surface area contributed by atoms with Gasteiger partial charge in [0, 0.05) is 19.4 Å². The van der Waals surface area contributed by atoms with Gasteiger partial charge in [0.25, 0.3) is 5.91 Å². The van der Waals surface area contributed by atoms with Crippen molar-refractivity contribution < 1.29 is 9.53 Å². The Labute approximate surface area is 172 Å². The summed E-state index contributed by atoms with van der Waals surface area (Å²) >= 11 is 1.50. The SMILES string of the molecule is CCc1cccc2sc(N(Cc3ccccn3)C(=O)c3cn(C)nc3OC)nc12. The number of hydrogen-bond donors (Lipinski definition) is 0. The predicted octanol–water partition coefficient (Wildman–Crippen LogP) is 3.84. The van der Waals surface area contributed by atoms with Crippen LogP contribution >= 0.6 is 11.3 Å². The maximum Gasteiger partial charge on any atom is 0.267 e. The standard InChI is InChI=1S/C21H21N5O2S/c1-4-14-8-7-10-17-18(14)23-21(29-17)26(12-15-9-5-6-11-22-15)20(27)16-13-25(2)24-19(16)28-3/h5-11,13H,4,12H2,1-3H3. The van der Waals surface area contributed by atoms with Crippen molar-refractivity contribution in [2.75, 3.05) is 12.0 Å². The third-order valence-corrected chi connectivity index (χ3v) is 5.66. The molecule has 0 spiro atoms. The number of fused-ring (bicyclic) bond motifs is 1. The zero-order chi connectivity index (χ0) is 20.4. The molecule has 0 radical (unpaired) electrons. The average Bonchev–Trinajstić information content (AvgIpc) is 3.35. The quantitative estimate of drug-likeness (QED) is 0.485. The largest absolute Gasteiger partial charge is 0.479 e. The van der Waals surface area contributed by atoms with Crippen LogP contribution < -0.4 is 9.64 Å². The summed E-state index contributed by atoms with van der Waals surface area (Å²) in [6.45, 7) is 2.41. The Bertz CT molecular complexity index is 1150. The Kier molecular flexibility index (Phi) is 5.26. The molecule has 0 bridgehead atoms. The number of nitrogens with zero attached hydrogens (tertiary/aromatic N) is 5. The summed E-state index contributed by atoms with van der Waals surface area (Å²) in [5, 5.41) is 4.85. The number of carbonyl (C=O) groups excluding carboxylic acids is 1. The first kappa shape index (κ1) is 19.1. The molecule has 0 N–H and O–H groups in total. The van der Waals surface area contributed by atoms with E-state index < -0.39 is 0 Å². The van der Waals surface area contributed by atoms with Crippen LogP contribution in [0.1, 0.15) is 28.5 Å². The Hall–Kier alpha value is -3.26. The van der Waals surface area contributed by atoms with Crippen LogP contribution in [0.4, 0.5) is 5.13 Å². The number of carbonyl (C=O) groups is 1. The van der Waals surface area contributed by atoms with Crippen LogP contribution in [0.3, 0.4) is 0 Å². The monoisotopic (exact) mass is 407 g/mol. The number of ether oxygens (including phenoxy) is 1. The van der Waals surface area contributed by atoms with E-state index in [0.717, 1.165) is 27.9 Å². The van der Waals surface area contributed by atoms with Gasteiger partial charge < -0.3 is 4.74 Å². The highest BCUT2D eigenvalue weighted by Crippen LogP contribution is 2.33. The fourth-order valence-corrected chi connectivity index (χ4v) is 4.20. The first-order chi connectivity index (χ1) is 14.1. The smallest absolute Gasteiger partial charge is 0.267 e. The fraction of sp³-hybridized carbons (Fsp3) is 0.238. The van der Waals surface area contributed by atoms with E-state index in [-0.39, 0.29) is 5.91 Å². The van der Waals surface area contributed by atoms with Gasteiger partial charge in [-0.1, -0.05) is 36.5 Å². The average molecular weight is 407 g/mol. The molecule has 7 nitrogen and oxygen atoms in total. The molecule has 0 fully saturated rings. The van der Waals surface area contributed by atoms with E-state index in [1.807, 2.05) is 30.3 Å². The van der Waals surface area contributed by atoms with Crippen LogP contribution in [0.15, 0.2) is 48.8 Å². The first-order valence-corrected chi connectivity index (χ1v) is 10.1. The van der Waals surface area contributed by atoms with E-state index in [0.29, 0.717) is 23.1 Å². The highest BCUT2D eigenvalue weighted by Gasteiger charge is 2.27. The molecule has 0 unspecified atom stereocenters. The Morgan fingerprint density at radius 3 is 2.83 bits per heavy atom. The maximum atomic E-state index is 13.5. The molecule has 0 saturated heterocycles. The van der Waals surface area contributed by atoms with Crippen molar-refractivity contribution in [3.8, 4) is 5.88 Å². The van der Waals surface area contributed by atoms with Gasteiger partial charge in [0.15, 0.2) is 5.13 Å². The summed E-state index contributed by atoms with van der Waals surface area (Å²) in [6.07, 6.45) is 4.26. The van der Waals surface area contributed by atoms with Crippen molar-refractivity contribution in [3.63, 3.8) is 0 Å². The second kappa shape index (κ2) is 8.00. The van der Waals surface area contributed by atoms with Gasteiger partial charge in [0.1, 0.15) is 5.56 Å². The second-order valence-corrected chi connectivity index (χ2v) is 7.56. The van der Waals surface area contributed by atoms with E-state index in [2.05, 4.69) is 23.1 Å². The highest BCUT2D eigenvalue weighted by molar-refractivity contribution is 7.22. The number of hydrogen-bond acceptors (Lipinski definition) is 6. The molecular formula is C21H21N5O2S. The van der Waals surface area contributed by atoms with Gasteiger partial charge in [-0.3, -0.25) is 19.4 Å². The number of anilines is 1. The summed E-state index contributed by atoms with van der Waals surface area (Å²) in [7, 11) is 3.26. The van der Waals surface area contributed by atoms with Gasteiger partial charge in [0.2, 0.25) is 5.88 Å². The molecule has 4 rings (SSSR count). The van der Waals surface area contributed by atoms with Crippen LogP contribution in [0, 0.1) is 0 Å². The summed E-state index contributed by atoms with van der Waals surface area (Å²) in [6, 6.07) is 11.8. The van der Waals surface area contributed by atoms with Gasteiger partial charge in [0.05, 0.1) is 29.6 Å². The molecule has 0 atom stereocenters. The molecule has 148 valence electrons.